The molecule has 0 aliphatic carbocycles. The molecule has 0 fully saturated rings. The summed E-state index contributed by atoms with van der Waals surface area (Å²) in [4.78, 5) is 24.2. The number of para-hydroxylation sites is 1. The predicted octanol–water partition coefficient (Wildman–Crippen LogP) is 3.18. The summed E-state index contributed by atoms with van der Waals surface area (Å²) in [5.74, 6) is -0.361. The Labute approximate surface area is 154 Å². The molecule has 5 heteroatoms. The third-order valence-electron chi connectivity index (χ3n) is 4.74. The van der Waals surface area contributed by atoms with Crippen molar-refractivity contribution in [2.24, 2.45) is 0 Å². The van der Waals surface area contributed by atoms with Gasteiger partial charge >= 0.3 is 5.97 Å². The summed E-state index contributed by atoms with van der Waals surface area (Å²) >= 11 is 0. The van der Waals surface area contributed by atoms with E-state index in [1.807, 2.05) is 49.4 Å². The number of carboxylic acid groups (broad SMARTS) is 1. The van der Waals surface area contributed by atoms with Crippen LogP contribution in [0.25, 0.3) is 0 Å². The number of ether oxygens (including phenoxy) is 1. The van der Waals surface area contributed by atoms with E-state index in [9.17, 15) is 14.7 Å². The summed E-state index contributed by atoms with van der Waals surface area (Å²) in [6.07, 6.45) is 1.20. The Kier molecular flexibility index (Phi) is 6.78. The number of benzene rings is 2. The zero-order valence-electron chi connectivity index (χ0n) is 15.2. The summed E-state index contributed by atoms with van der Waals surface area (Å²) in [6, 6.07) is 16.6. The van der Waals surface area contributed by atoms with Crippen molar-refractivity contribution in [2.45, 2.75) is 31.6 Å². The first kappa shape index (κ1) is 19.5. The minimum Gasteiger partial charge on any atom is -0.496 e. The van der Waals surface area contributed by atoms with Gasteiger partial charge in [0.05, 0.1) is 7.11 Å². The summed E-state index contributed by atoms with van der Waals surface area (Å²) < 4.78 is 5.29. The lowest BCUT2D eigenvalue weighted by Crippen LogP contribution is -2.46. The summed E-state index contributed by atoms with van der Waals surface area (Å²) in [6.45, 7) is 1.88. The van der Waals surface area contributed by atoms with E-state index >= 15 is 0 Å². The van der Waals surface area contributed by atoms with E-state index in [4.69, 9.17) is 4.74 Å². The quantitative estimate of drug-likeness (QED) is 0.724. The Hall–Kier alpha value is -2.82. The number of carboxylic acids is 1. The number of carbonyl (C=O) groups is 2. The van der Waals surface area contributed by atoms with Gasteiger partial charge in [-0.2, -0.15) is 0 Å². The van der Waals surface area contributed by atoms with E-state index in [2.05, 4.69) is 5.32 Å². The molecule has 0 aliphatic rings. The molecular weight excluding hydrogens is 330 g/mol. The fraction of sp³-hybridized carbons (Fsp3) is 0.333. The van der Waals surface area contributed by atoms with Gasteiger partial charge in [-0.25, -0.2) is 0 Å². The van der Waals surface area contributed by atoms with Gasteiger partial charge in [-0.05, 0) is 30.0 Å². The lowest BCUT2D eigenvalue weighted by Gasteiger charge is -2.29. The molecule has 0 radical (unpaired) electrons. The Morgan fingerprint density at radius 2 is 1.73 bits per heavy atom. The van der Waals surface area contributed by atoms with E-state index in [1.165, 1.54) is 0 Å². The second-order valence-electron chi connectivity index (χ2n) is 6.20. The van der Waals surface area contributed by atoms with Gasteiger partial charge in [-0.15, -0.1) is 0 Å². The van der Waals surface area contributed by atoms with Gasteiger partial charge < -0.3 is 15.2 Å². The molecule has 0 aromatic heterocycles. The first-order valence-electron chi connectivity index (χ1n) is 8.71. The van der Waals surface area contributed by atoms with Crippen LogP contribution >= 0.6 is 0 Å². The third kappa shape index (κ3) is 4.42. The molecule has 2 N–H and O–H groups in total. The van der Waals surface area contributed by atoms with Crippen molar-refractivity contribution in [3.05, 3.63) is 65.7 Å². The minimum atomic E-state index is -1.12. The monoisotopic (exact) mass is 355 g/mol. The van der Waals surface area contributed by atoms with Crippen LogP contribution in [-0.2, 0) is 21.4 Å². The SMILES string of the molecule is CCC(CNC(=O)CCc1ccccc1OC)(C(=O)O)c1ccccc1. The number of hydrogen-bond acceptors (Lipinski definition) is 3. The molecule has 0 heterocycles. The van der Waals surface area contributed by atoms with Crippen LogP contribution in [0.4, 0.5) is 0 Å². The van der Waals surface area contributed by atoms with Crippen molar-refractivity contribution in [3.8, 4) is 5.75 Å². The number of hydrogen-bond donors (Lipinski definition) is 2. The maximum absolute atomic E-state index is 12.3. The zero-order valence-corrected chi connectivity index (χ0v) is 15.2. The van der Waals surface area contributed by atoms with Gasteiger partial charge in [0, 0.05) is 13.0 Å². The molecule has 0 saturated carbocycles. The molecule has 138 valence electrons. The summed E-state index contributed by atoms with van der Waals surface area (Å²) in [7, 11) is 1.60. The van der Waals surface area contributed by atoms with E-state index in [-0.39, 0.29) is 18.9 Å². The fourth-order valence-corrected chi connectivity index (χ4v) is 3.03. The Balaban J connectivity index is 2.02. The Bertz CT molecular complexity index is 745. The fourth-order valence-electron chi connectivity index (χ4n) is 3.03. The average Bonchev–Trinajstić information content (AvgIpc) is 2.68. The Morgan fingerprint density at radius 3 is 2.35 bits per heavy atom. The topological polar surface area (TPSA) is 75.6 Å². The van der Waals surface area contributed by atoms with Crippen LogP contribution in [-0.4, -0.2) is 30.6 Å². The van der Waals surface area contributed by atoms with Crippen LogP contribution in [0.5, 0.6) is 5.75 Å². The second-order valence-corrected chi connectivity index (χ2v) is 6.20. The molecule has 1 unspecified atom stereocenters. The Morgan fingerprint density at radius 1 is 1.08 bits per heavy atom. The normalized spacial score (nSPS) is 12.8. The van der Waals surface area contributed by atoms with Crippen molar-refractivity contribution in [3.63, 3.8) is 0 Å². The van der Waals surface area contributed by atoms with Crippen LogP contribution < -0.4 is 10.1 Å². The van der Waals surface area contributed by atoms with Gasteiger partial charge in [0.1, 0.15) is 11.2 Å². The van der Waals surface area contributed by atoms with Gasteiger partial charge in [-0.1, -0.05) is 55.5 Å². The number of rotatable bonds is 9. The highest BCUT2D eigenvalue weighted by molar-refractivity contribution is 5.83. The van der Waals surface area contributed by atoms with Crippen molar-refractivity contribution >= 4 is 11.9 Å². The molecule has 1 amide bonds. The minimum absolute atomic E-state index is 0.0631. The van der Waals surface area contributed by atoms with Crippen molar-refractivity contribution in [2.75, 3.05) is 13.7 Å². The second kappa shape index (κ2) is 9.04. The molecule has 0 bridgehead atoms. The van der Waals surface area contributed by atoms with Crippen molar-refractivity contribution in [1.29, 1.82) is 0 Å². The molecule has 1 atom stereocenters. The number of methoxy groups -OCH3 is 1. The van der Waals surface area contributed by atoms with Crippen LogP contribution in [0.3, 0.4) is 0 Å². The first-order valence-corrected chi connectivity index (χ1v) is 8.71. The highest BCUT2D eigenvalue weighted by atomic mass is 16.5. The molecule has 5 nitrogen and oxygen atoms in total. The summed E-state index contributed by atoms with van der Waals surface area (Å²) in [5.41, 5.74) is 0.523. The maximum atomic E-state index is 12.3. The number of carbonyl (C=O) groups excluding carboxylic acids is 1. The largest absolute Gasteiger partial charge is 0.496 e. The highest BCUT2D eigenvalue weighted by Gasteiger charge is 2.38. The standard InChI is InChI=1S/C21H25NO4/c1-3-21(20(24)25,17-10-5-4-6-11-17)15-22-19(23)14-13-16-9-7-8-12-18(16)26-2/h4-12H,3,13-15H2,1-2H3,(H,22,23)(H,24,25). The number of nitrogens with one attached hydrogen (secondary N) is 1. The highest BCUT2D eigenvalue weighted by Crippen LogP contribution is 2.28. The van der Waals surface area contributed by atoms with Crippen LogP contribution in [0.15, 0.2) is 54.6 Å². The number of aryl methyl sites for hydroxylation is 1. The molecule has 2 aromatic rings. The van der Waals surface area contributed by atoms with Crippen LogP contribution in [0, 0.1) is 0 Å². The van der Waals surface area contributed by atoms with Crippen molar-refractivity contribution in [1.82, 2.24) is 5.32 Å². The van der Waals surface area contributed by atoms with Crippen LogP contribution in [0.2, 0.25) is 0 Å². The smallest absolute Gasteiger partial charge is 0.315 e. The predicted molar refractivity (Wildman–Crippen MR) is 100 cm³/mol. The molecule has 26 heavy (non-hydrogen) atoms. The van der Waals surface area contributed by atoms with E-state index in [0.717, 1.165) is 11.3 Å². The molecular formula is C21H25NO4. The molecule has 0 aliphatic heterocycles. The van der Waals surface area contributed by atoms with E-state index < -0.39 is 11.4 Å². The van der Waals surface area contributed by atoms with E-state index in [1.54, 1.807) is 19.2 Å². The number of aliphatic carboxylic acids is 1. The molecule has 0 spiro atoms. The van der Waals surface area contributed by atoms with Crippen LogP contribution in [0.1, 0.15) is 30.9 Å². The summed E-state index contributed by atoms with van der Waals surface area (Å²) in [5, 5.41) is 12.6. The van der Waals surface area contributed by atoms with Gasteiger partial charge in [0.25, 0.3) is 0 Å². The lowest BCUT2D eigenvalue weighted by atomic mass is 9.78. The van der Waals surface area contributed by atoms with Crippen molar-refractivity contribution < 1.29 is 19.4 Å². The lowest BCUT2D eigenvalue weighted by molar-refractivity contribution is -0.144. The zero-order chi connectivity index (χ0) is 19.0. The number of amides is 1. The molecule has 0 saturated heterocycles. The van der Waals surface area contributed by atoms with Gasteiger partial charge in [0.2, 0.25) is 5.91 Å². The van der Waals surface area contributed by atoms with Gasteiger partial charge in [0.15, 0.2) is 0 Å². The van der Waals surface area contributed by atoms with E-state index in [0.29, 0.717) is 18.4 Å². The molecule has 2 rings (SSSR count). The molecule has 2 aromatic carbocycles. The third-order valence-corrected chi connectivity index (χ3v) is 4.74. The van der Waals surface area contributed by atoms with Gasteiger partial charge in [-0.3, -0.25) is 9.59 Å². The maximum Gasteiger partial charge on any atom is 0.315 e. The first-order chi connectivity index (χ1) is 12.5. The average molecular weight is 355 g/mol.